The number of sulfone groups is 1. The number of halogens is 3. The Morgan fingerprint density at radius 3 is 2.52 bits per heavy atom. The van der Waals surface area contributed by atoms with Crippen LogP contribution in [0.3, 0.4) is 0 Å². The van der Waals surface area contributed by atoms with Crippen molar-refractivity contribution in [1.82, 2.24) is 10.3 Å². The minimum absolute atomic E-state index is 0. The van der Waals surface area contributed by atoms with Crippen LogP contribution in [0.15, 0.2) is 47.5 Å². The fourth-order valence-corrected chi connectivity index (χ4v) is 6.00. The largest absolute Gasteiger partial charge is 0.365 e. The average Bonchev–Trinajstić information content (AvgIpc) is 2.74. The van der Waals surface area contributed by atoms with Crippen molar-refractivity contribution in [3.8, 4) is 0 Å². The fourth-order valence-electron chi connectivity index (χ4n) is 3.94. The highest BCUT2D eigenvalue weighted by Gasteiger charge is 2.30. The number of hydrogen-bond acceptors (Lipinski definition) is 6. The Kier molecular flexibility index (Phi) is 8.95. The number of pyridine rings is 1. The van der Waals surface area contributed by atoms with E-state index in [0.29, 0.717) is 58.8 Å². The van der Waals surface area contributed by atoms with Gasteiger partial charge in [-0.2, -0.15) is 0 Å². The number of rotatable bonds is 5. The first-order chi connectivity index (χ1) is 14.8. The molecule has 0 atom stereocenters. The molecule has 0 saturated carbocycles. The maximum atomic E-state index is 13.3. The molecule has 0 aliphatic carbocycles. The van der Waals surface area contributed by atoms with E-state index in [9.17, 15) is 13.2 Å². The summed E-state index contributed by atoms with van der Waals surface area (Å²) in [6.45, 7) is 3.15. The number of piperidine rings is 1. The van der Waals surface area contributed by atoms with E-state index in [1.807, 2.05) is 6.92 Å². The molecule has 4 N–H and O–H groups in total. The van der Waals surface area contributed by atoms with Crippen LogP contribution in [0.5, 0.6) is 0 Å². The zero-order chi connectivity index (χ0) is 22.2. The van der Waals surface area contributed by atoms with Crippen LogP contribution in [-0.4, -0.2) is 37.6 Å². The standard InChI is InChI=1S/C22H23ClN4O3S.2ClH/c1-13-9-17(31(29,30)16-5-7-25-8-6-16)11-18-20(13)26-12-19(22(24)28)21(18)27-15-4-2-3-14(23)10-15;;/h2-4,9-12,16,25H,5-8H2,1H3,(H2,24,28)(H,26,27);2*1H. The van der Waals surface area contributed by atoms with Gasteiger partial charge in [0.2, 0.25) is 0 Å². The number of nitrogens with two attached hydrogens (primary N) is 1. The van der Waals surface area contributed by atoms with Crippen LogP contribution in [0.2, 0.25) is 5.02 Å². The molecule has 1 aromatic heterocycles. The molecule has 33 heavy (non-hydrogen) atoms. The van der Waals surface area contributed by atoms with Gasteiger partial charge in [0.1, 0.15) is 0 Å². The van der Waals surface area contributed by atoms with Gasteiger partial charge in [0.25, 0.3) is 5.91 Å². The lowest BCUT2D eigenvalue weighted by Crippen LogP contribution is -2.35. The molecule has 0 unspecified atom stereocenters. The molecule has 0 bridgehead atoms. The summed E-state index contributed by atoms with van der Waals surface area (Å²) in [4.78, 5) is 16.7. The molecule has 1 amide bonds. The van der Waals surface area contributed by atoms with E-state index in [2.05, 4.69) is 15.6 Å². The normalized spacial score (nSPS) is 14.2. The maximum Gasteiger partial charge on any atom is 0.252 e. The lowest BCUT2D eigenvalue weighted by molar-refractivity contribution is 0.100. The number of nitrogens with zero attached hydrogens (tertiary/aromatic N) is 1. The Morgan fingerprint density at radius 1 is 1.18 bits per heavy atom. The molecule has 2 aromatic carbocycles. The summed E-state index contributed by atoms with van der Waals surface area (Å²) in [7, 11) is -3.54. The maximum absolute atomic E-state index is 13.3. The van der Waals surface area contributed by atoms with Gasteiger partial charge in [-0.25, -0.2) is 8.42 Å². The van der Waals surface area contributed by atoms with Gasteiger partial charge in [0, 0.05) is 22.3 Å². The van der Waals surface area contributed by atoms with Crippen molar-refractivity contribution in [2.24, 2.45) is 5.73 Å². The van der Waals surface area contributed by atoms with Crippen molar-refractivity contribution in [1.29, 1.82) is 0 Å². The molecule has 1 aliphatic heterocycles. The van der Waals surface area contributed by atoms with Crippen molar-refractivity contribution < 1.29 is 13.2 Å². The van der Waals surface area contributed by atoms with Crippen LogP contribution in [0.1, 0.15) is 28.8 Å². The van der Waals surface area contributed by atoms with Crippen LogP contribution in [0.4, 0.5) is 11.4 Å². The first kappa shape index (κ1) is 27.1. The Bertz CT molecular complexity index is 1280. The topological polar surface area (TPSA) is 114 Å². The Balaban J connectivity index is 0.00000193. The molecular weight excluding hydrogens is 507 g/mol. The number of aromatic nitrogens is 1. The molecule has 1 saturated heterocycles. The molecule has 178 valence electrons. The lowest BCUT2D eigenvalue weighted by Gasteiger charge is -2.23. The molecule has 1 aliphatic rings. The van der Waals surface area contributed by atoms with Gasteiger partial charge < -0.3 is 16.4 Å². The first-order valence-corrected chi connectivity index (χ1v) is 11.9. The number of aryl methyl sites for hydroxylation is 1. The van der Waals surface area contributed by atoms with Gasteiger partial charge in [0.05, 0.1) is 26.9 Å². The summed E-state index contributed by atoms with van der Waals surface area (Å²) in [6.07, 6.45) is 2.53. The van der Waals surface area contributed by atoms with Gasteiger partial charge in [0.15, 0.2) is 9.84 Å². The molecule has 2 heterocycles. The van der Waals surface area contributed by atoms with Gasteiger partial charge in [-0.3, -0.25) is 9.78 Å². The first-order valence-electron chi connectivity index (χ1n) is 9.98. The number of hydrogen-bond donors (Lipinski definition) is 3. The van der Waals surface area contributed by atoms with Crippen LogP contribution in [-0.2, 0) is 9.84 Å². The summed E-state index contributed by atoms with van der Waals surface area (Å²) in [6, 6.07) is 10.3. The second-order valence-electron chi connectivity index (χ2n) is 7.68. The smallest absolute Gasteiger partial charge is 0.252 e. The number of carbonyl (C=O) groups is 1. The highest BCUT2D eigenvalue weighted by molar-refractivity contribution is 7.92. The van der Waals surface area contributed by atoms with E-state index in [4.69, 9.17) is 17.3 Å². The molecule has 7 nitrogen and oxygen atoms in total. The molecule has 0 spiro atoms. The van der Waals surface area contributed by atoms with Crippen LogP contribution >= 0.6 is 36.4 Å². The number of primary amides is 1. The Hall–Kier alpha value is -2.10. The van der Waals surface area contributed by atoms with Crippen LogP contribution < -0.4 is 16.4 Å². The Morgan fingerprint density at radius 2 is 1.88 bits per heavy atom. The van der Waals surface area contributed by atoms with E-state index in [1.165, 1.54) is 6.20 Å². The molecule has 0 radical (unpaired) electrons. The minimum Gasteiger partial charge on any atom is -0.365 e. The summed E-state index contributed by atoms with van der Waals surface area (Å²) < 4.78 is 26.7. The summed E-state index contributed by atoms with van der Waals surface area (Å²) in [5, 5.41) is 6.98. The van der Waals surface area contributed by atoms with Crippen LogP contribution in [0.25, 0.3) is 10.9 Å². The predicted octanol–water partition coefficient (Wildman–Crippen LogP) is 4.41. The van der Waals surface area contributed by atoms with E-state index in [1.54, 1.807) is 36.4 Å². The SMILES string of the molecule is Cc1cc(S(=O)(=O)C2CCNCC2)cc2c(Nc3cccc(Cl)c3)c(C(N)=O)cnc12.Cl.Cl. The minimum atomic E-state index is -3.54. The van der Waals surface area contributed by atoms with Gasteiger partial charge in [-0.1, -0.05) is 17.7 Å². The molecule has 1 fully saturated rings. The van der Waals surface area contributed by atoms with E-state index >= 15 is 0 Å². The second-order valence-corrected chi connectivity index (χ2v) is 10.3. The second kappa shape index (κ2) is 10.9. The summed E-state index contributed by atoms with van der Waals surface area (Å²) in [5.74, 6) is -0.664. The number of anilines is 2. The number of benzene rings is 2. The highest BCUT2D eigenvalue weighted by atomic mass is 35.5. The number of nitrogens with one attached hydrogen (secondary N) is 2. The monoisotopic (exact) mass is 530 g/mol. The Labute approximate surface area is 210 Å². The van der Waals surface area contributed by atoms with E-state index in [0.717, 1.165) is 0 Å². The number of fused-ring (bicyclic) bond motifs is 1. The predicted molar refractivity (Wildman–Crippen MR) is 137 cm³/mol. The van der Waals surface area contributed by atoms with Crippen molar-refractivity contribution in [2.75, 3.05) is 18.4 Å². The van der Waals surface area contributed by atoms with Crippen molar-refractivity contribution >= 4 is 74.4 Å². The molecular formula is C22H25Cl3N4O3S. The third-order valence-electron chi connectivity index (χ3n) is 5.55. The molecule has 4 rings (SSSR count). The van der Waals surface area contributed by atoms with Crippen molar-refractivity contribution in [3.05, 3.63) is 58.7 Å². The zero-order valence-corrected chi connectivity index (χ0v) is 21.0. The van der Waals surface area contributed by atoms with Gasteiger partial charge >= 0.3 is 0 Å². The number of carbonyl (C=O) groups excluding carboxylic acids is 1. The molecule has 3 aromatic rings. The third kappa shape index (κ3) is 5.53. The van der Waals surface area contributed by atoms with E-state index in [-0.39, 0.29) is 35.3 Å². The quantitative estimate of drug-likeness (QED) is 0.449. The summed E-state index contributed by atoms with van der Waals surface area (Å²) in [5.41, 5.74) is 8.12. The summed E-state index contributed by atoms with van der Waals surface area (Å²) >= 11 is 6.10. The molecule has 11 heteroatoms. The van der Waals surface area contributed by atoms with E-state index < -0.39 is 21.0 Å². The lowest BCUT2D eigenvalue weighted by atomic mass is 10.1. The zero-order valence-electron chi connectivity index (χ0n) is 17.8. The highest BCUT2D eigenvalue weighted by Crippen LogP contribution is 2.34. The van der Waals surface area contributed by atoms with Crippen LogP contribution in [0, 0.1) is 6.92 Å². The van der Waals surface area contributed by atoms with Gasteiger partial charge in [-0.15, -0.1) is 24.8 Å². The number of amides is 1. The van der Waals surface area contributed by atoms with Crippen molar-refractivity contribution in [3.63, 3.8) is 0 Å². The van der Waals surface area contributed by atoms with Gasteiger partial charge in [-0.05, 0) is 68.8 Å². The van der Waals surface area contributed by atoms with Crippen molar-refractivity contribution in [2.45, 2.75) is 29.9 Å². The average molecular weight is 532 g/mol. The third-order valence-corrected chi connectivity index (χ3v) is 8.03. The fraction of sp³-hybridized carbons (Fsp3) is 0.273.